The van der Waals surface area contributed by atoms with Gasteiger partial charge in [0.05, 0.1) is 5.69 Å². The number of H-pyrrole nitrogens is 1. The Morgan fingerprint density at radius 1 is 1.16 bits per heavy atom. The molecule has 0 saturated heterocycles. The zero-order valence-electron chi connectivity index (χ0n) is 14.7. The second-order valence-electron chi connectivity index (χ2n) is 6.24. The molecule has 1 N–H and O–H groups in total. The van der Waals surface area contributed by atoms with Crippen LogP contribution in [0.2, 0.25) is 0 Å². The lowest BCUT2D eigenvalue weighted by atomic mass is 10.1. The molecule has 0 aliphatic rings. The number of carbonyl (C=O) groups is 2. The molecule has 0 fully saturated rings. The molecule has 1 amide bonds. The average molecular weight is 408 g/mol. The van der Waals surface area contributed by atoms with Crippen LogP contribution in [0, 0.1) is 0 Å². The molecule has 0 spiro atoms. The highest BCUT2D eigenvalue weighted by molar-refractivity contribution is 9.10. The lowest BCUT2D eigenvalue weighted by Crippen LogP contribution is -2.44. The Morgan fingerprint density at radius 2 is 1.76 bits per heavy atom. The molecule has 0 unspecified atom stereocenters. The van der Waals surface area contributed by atoms with E-state index in [2.05, 4.69) is 26.1 Å². The van der Waals surface area contributed by atoms with Gasteiger partial charge in [0, 0.05) is 22.1 Å². The van der Waals surface area contributed by atoms with Gasteiger partial charge in [0.25, 0.3) is 5.91 Å². The zero-order chi connectivity index (χ0) is 18.6. The number of amides is 1. The number of nitrogens with zero attached hydrogens (tertiary/aromatic N) is 2. The maximum atomic E-state index is 12.2. The normalized spacial score (nSPS) is 11.0. The van der Waals surface area contributed by atoms with Crippen molar-refractivity contribution in [2.75, 3.05) is 6.61 Å². The summed E-state index contributed by atoms with van der Waals surface area (Å²) in [6.07, 6.45) is 0. The Hall–Kier alpha value is -2.15. The van der Waals surface area contributed by atoms with E-state index in [1.165, 1.54) is 0 Å². The van der Waals surface area contributed by atoms with E-state index in [0.717, 1.165) is 10.0 Å². The SMILES string of the molecule is CC(C)N(C(=O)COC(=O)c1cc(-c2ccc(Br)cc2)n[nH]1)C(C)C. The van der Waals surface area contributed by atoms with Crippen LogP contribution in [0.3, 0.4) is 0 Å². The summed E-state index contributed by atoms with van der Waals surface area (Å²) in [7, 11) is 0. The topological polar surface area (TPSA) is 75.3 Å². The maximum Gasteiger partial charge on any atom is 0.356 e. The molecule has 1 aromatic heterocycles. The van der Waals surface area contributed by atoms with Crippen molar-refractivity contribution in [3.63, 3.8) is 0 Å². The summed E-state index contributed by atoms with van der Waals surface area (Å²) < 4.78 is 6.09. The van der Waals surface area contributed by atoms with E-state index in [9.17, 15) is 9.59 Å². The van der Waals surface area contributed by atoms with Gasteiger partial charge in [0.2, 0.25) is 0 Å². The van der Waals surface area contributed by atoms with Gasteiger partial charge in [0.1, 0.15) is 5.69 Å². The first kappa shape index (κ1) is 19.2. The molecule has 0 aliphatic heterocycles. The molecule has 25 heavy (non-hydrogen) atoms. The molecule has 2 rings (SSSR count). The van der Waals surface area contributed by atoms with Crippen molar-refractivity contribution < 1.29 is 14.3 Å². The molecule has 0 aliphatic carbocycles. The summed E-state index contributed by atoms with van der Waals surface area (Å²) in [5.74, 6) is -0.817. The number of benzene rings is 1. The predicted octanol–water partition coefficient (Wildman–Crippen LogP) is 3.64. The van der Waals surface area contributed by atoms with Crippen LogP contribution < -0.4 is 0 Å². The van der Waals surface area contributed by atoms with Crippen molar-refractivity contribution in [2.24, 2.45) is 0 Å². The molecule has 0 bridgehead atoms. The van der Waals surface area contributed by atoms with Crippen LogP contribution in [0.1, 0.15) is 38.2 Å². The van der Waals surface area contributed by atoms with Gasteiger partial charge in [-0.3, -0.25) is 9.89 Å². The summed E-state index contributed by atoms with van der Waals surface area (Å²) in [4.78, 5) is 26.1. The Morgan fingerprint density at radius 3 is 2.32 bits per heavy atom. The summed E-state index contributed by atoms with van der Waals surface area (Å²) in [6, 6.07) is 9.27. The van der Waals surface area contributed by atoms with E-state index in [1.807, 2.05) is 52.0 Å². The number of aromatic amines is 1. The summed E-state index contributed by atoms with van der Waals surface area (Å²) in [5.41, 5.74) is 1.73. The molecule has 2 aromatic rings. The number of halogens is 1. The van der Waals surface area contributed by atoms with Gasteiger partial charge in [-0.1, -0.05) is 28.1 Å². The van der Waals surface area contributed by atoms with Gasteiger partial charge in [-0.05, 0) is 45.9 Å². The van der Waals surface area contributed by atoms with E-state index in [-0.39, 0.29) is 30.3 Å². The van der Waals surface area contributed by atoms with Crippen molar-refractivity contribution in [1.29, 1.82) is 0 Å². The highest BCUT2D eigenvalue weighted by Crippen LogP contribution is 2.20. The van der Waals surface area contributed by atoms with Crippen LogP contribution in [0.25, 0.3) is 11.3 Å². The van der Waals surface area contributed by atoms with Crippen LogP contribution in [-0.2, 0) is 9.53 Å². The van der Waals surface area contributed by atoms with Crippen molar-refractivity contribution in [3.8, 4) is 11.3 Å². The maximum absolute atomic E-state index is 12.2. The number of nitrogens with one attached hydrogen (secondary N) is 1. The number of hydrogen-bond donors (Lipinski definition) is 1. The molecule has 1 heterocycles. The van der Waals surface area contributed by atoms with Gasteiger partial charge in [-0.15, -0.1) is 0 Å². The quantitative estimate of drug-likeness (QED) is 0.741. The van der Waals surface area contributed by atoms with Gasteiger partial charge in [-0.25, -0.2) is 4.79 Å². The van der Waals surface area contributed by atoms with Gasteiger partial charge < -0.3 is 9.64 Å². The first-order valence-corrected chi connectivity index (χ1v) is 8.88. The Bertz CT molecular complexity index is 730. The first-order chi connectivity index (χ1) is 11.8. The Kier molecular flexibility index (Phi) is 6.36. The van der Waals surface area contributed by atoms with E-state index in [0.29, 0.717) is 5.69 Å². The van der Waals surface area contributed by atoms with Crippen molar-refractivity contribution >= 4 is 27.8 Å². The third-order valence-corrected chi connectivity index (χ3v) is 4.19. The van der Waals surface area contributed by atoms with Crippen molar-refractivity contribution in [3.05, 3.63) is 40.5 Å². The molecule has 0 atom stereocenters. The molecular formula is C18H22BrN3O3. The van der Waals surface area contributed by atoms with E-state index in [1.54, 1.807) is 11.0 Å². The fraction of sp³-hybridized carbons (Fsp3) is 0.389. The number of aromatic nitrogens is 2. The van der Waals surface area contributed by atoms with Crippen molar-refractivity contribution in [2.45, 2.75) is 39.8 Å². The van der Waals surface area contributed by atoms with Gasteiger partial charge in [0.15, 0.2) is 6.61 Å². The summed E-state index contributed by atoms with van der Waals surface area (Å²) >= 11 is 3.37. The molecule has 134 valence electrons. The van der Waals surface area contributed by atoms with Gasteiger partial charge >= 0.3 is 5.97 Å². The molecule has 0 radical (unpaired) electrons. The van der Waals surface area contributed by atoms with Crippen LogP contribution in [0.5, 0.6) is 0 Å². The minimum absolute atomic E-state index is 0.0439. The minimum Gasteiger partial charge on any atom is -0.451 e. The number of esters is 1. The van der Waals surface area contributed by atoms with Crippen LogP contribution in [-0.4, -0.2) is 45.7 Å². The Balaban J connectivity index is 2.00. The van der Waals surface area contributed by atoms with E-state index < -0.39 is 5.97 Å². The van der Waals surface area contributed by atoms with Gasteiger partial charge in [-0.2, -0.15) is 5.10 Å². The highest BCUT2D eigenvalue weighted by atomic mass is 79.9. The monoisotopic (exact) mass is 407 g/mol. The second kappa shape index (κ2) is 8.29. The molecule has 7 heteroatoms. The fourth-order valence-electron chi connectivity index (χ4n) is 2.65. The summed E-state index contributed by atoms with van der Waals surface area (Å²) in [6.45, 7) is 7.43. The molecular weight excluding hydrogens is 386 g/mol. The predicted molar refractivity (Wildman–Crippen MR) is 99.1 cm³/mol. The molecule has 1 aromatic carbocycles. The lowest BCUT2D eigenvalue weighted by molar-refractivity contribution is -0.138. The minimum atomic E-state index is -0.600. The van der Waals surface area contributed by atoms with Crippen LogP contribution in [0.15, 0.2) is 34.8 Å². The van der Waals surface area contributed by atoms with Crippen LogP contribution in [0.4, 0.5) is 0 Å². The molecule has 6 nitrogen and oxygen atoms in total. The highest BCUT2D eigenvalue weighted by Gasteiger charge is 2.22. The average Bonchev–Trinajstić information content (AvgIpc) is 3.02. The Labute approximate surface area is 155 Å². The summed E-state index contributed by atoms with van der Waals surface area (Å²) in [5, 5.41) is 6.78. The zero-order valence-corrected chi connectivity index (χ0v) is 16.3. The van der Waals surface area contributed by atoms with Crippen LogP contribution >= 0.6 is 15.9 Å². The first-order valence-electron chi connectivity index (χ1n) is 8.09. The second-order valence-corrected chi connectivity index (χ2v) is 7.15. The lowest BCUT2D eigenvalue weighted by Gasteiger charge is -2.30. The smallest absolute Gasteiger partial charge is 0.356 e. The number of ether oxygens (including phenoxy) is 1. The fourth-order valence-corrected chi connectivity index (χ4v) is 2.91. The number of rotatable bonds is 6. The molecule has 0 saturated carbocycles. The number of hydrogen-bond acceptors (Lipinski definition) is 4. The third kappa shape index (κ3) is 4.92. The third-order valence-electron chi connectivity index (χ3n) is 3.67. The van der Waals surface area contributed by atoms with E-state index in [4.69, 9.17) is 4.74 Å². The number of carbonyl (C=O) groups excluding carboxylic acids is 2. The standard InChI is InChI=1S/C18H22BrN3O3/c1-11(2)22(12(3)4)17(23)10-25-18(24)16-9-15(20-21-16)13-5-7-14(19)8-6-13/h5-9,11-12H,10H2,1-4H3,(H,20,21). The largest absolute Gasteiger partial charge is 0.451 e. The van der Waals surface area contributed by atoms with E-state index >= 15 is 0 Å². The van der Waals surface area contributed by atoms with Crippen molar-refractivity contribution in [1.82, 2.24) is 15.1 Å².